The van der Waals surface area contributed by atoms with Crippen LogP contribution in [0.15, 0.2) is 23.0 Å². The zero-order chi connectivity index (χ0) is 19.4. The third-order valence-electron chi connectivity index (χ3n) is 4.65. The predicted octanol–water partition coefficient (Wildman–Crippen LogP) is 4.32. The molecule has 2 aromatic rings. The lowest BCUT2D eigenvalue weighted by Crippen LogP contribution is -2.38. The largest absolute Gasteiger partial charge is 0.333 e. The molecule has 0 saturated heterocycles. The highest BCUT2D eigenvalue weighted by Crippen LogP contribution is 2.23. The van der Waals surface area contributed by atoms with Crippen LogP contribution in [0.1, 0.15) is 58.8 Å². The molecule has 0 N–H and O–H groups in total. The molecule has 1 aromatic heterocycles. The summed E-state index contributed by atoms with van der Waals surface area (Å²) in [6, 6.07) is 4.80. The van der Waals surface area contributed by atoms with Crippen molar-refractivity contribution in [3.8, 4) is 0 Å². The van der Waals surface area contributed by atoms with Gasteiger partial charge in [0.25, 0.3) is 5.56 Å². The van der Waals surface area contributed by atoms with Crippen molar-refractivity contribution in [2.45, 2.75) is 53.0 Å². The second-order valence-electron chi connectivity index (χ2n) is 7.19. The Kier molecular flexibility index (Phi) is 6.81. The second-order valence-corrected chi connectivity index (χ2v) is 7.63. The number of aromatic nitrogens is 2. The molecule has 0 radical (unpaired) electrons. The van der Waals surface area contributed by atoms with Gasteiger partial charge in [0.2, 0.25) is 5.91 Å². The molecule has 5 nitrogen and oxygen atoms in total. The maximum atomic E-state index is 12.7. The Bertz CT molecular complexity index is 845. The molecule has 6 heteroatoms. The first kappa shape index (κ1) is 20.4. The summed E-state index contributed by atoms with van der Waals surface area (Å²) >= 11 is 6.07. The average molecular weight is 378 g/mol. The maximum absolute atomic E-state index is 12.7. The highest BCUT2D eigenvalue weighted by Gasteiger charge is 2.25. The van der Waals surface area contributed by atoms with E-state index in [0.717, 1.165) is 12.8 Å². The van der Waals surface area contributed by atoms with Crippen LogP contribution in [0, 0.1) is 5.92 Å². The van der Waals surface area contributed by atoms with Gasteiger partial charge in [-0.15, -0.1) is 0 Å². The number of amides is 1. The van der Waals surface area contributed by atoms with Crippen molar-refractivity contribution in [1.29, 1.82) is 0 Å². The van der Waals surface area contributed by atoms with E-state index in [9.17, 15) is 9.59 Å². The number of halogens is 1. The van der Waals surface area contributed by atoms with E-state index in [2.05, 4.69) is 18.8 Å². The van der Waals surface area contributed by atoms with Gasteiger partial charge in [-0.05, 0) is 43.9 Å². The number of carbonyl (C=O) groups is 1. The van der Waals surface area contributed by atoms with Gasteiger partial charge < -0.3 is 4.90 Å². The standard InChI is InChI=1S/C20H28ClN3O2/c1-6-7-18(25)24(11-10-13(2)3)14(4)19-22-17-12-15(21)8-9-16(17)20(26)23(19)5/h8-9,12-14H,6-7,10-11H2,1-5H3. The van der Waals surface area contributed by atoms with Gasteiger partial charge in [-0.1, -0.05) is 32.4 Å². The first-order chi connectivity index (χ1) is 12.3. The molecule has 0 aliphatic rings. The molecule has 2 rings (SSSR count). The summed E-state index contributed by atoms with van der Waals surface area (Å²) in [5.74, 6) is 1.17. The lowest BCUT2D eigenvalue weighted by atomic mass is 10.1. The monoisotopic (exact) mass is 377 g/mol. The molecule has 1 unspecified atom stereocenters. The van der Waals surface area contributed by atoms with E-state index in [-0.39, 0.29) is 17.5 Å². The summed E-state index contributed by atoms with van der Waals surface area (Å²) in [4.78, 5) is 31.9. The van der Waals surface area contributed by atoms with Gasteiger partial charge in [0, 0.05) is 25.0 Å². The van der Waals surface area contributed by atoms with Crippen LogP contribution in [0.25, 0.3) is 10.9 Å². The number of hydrogen-bond acceptors (Lipinski definition) is 3. The van der Waals surface area contributed by atoms with Gasteiger partial charge in [-0.3, -0.25) is 14.2 Å². The summed E-state index contributed by atoms with van der Waals surface area (Å²) < 4.78 is 1.54. The van der Waals surface area contributed by atoms with Crippen molar-refractivity contribution in [3.05, 3.63) is 39.4 Å². The van der Waals surface area contributed by atoms with Gasteiger partial charge in [0.1, 0.15) is 5.82 Å². The molecular weight excluding hydrogens is 350 g/mol. The number of hydrogen-bond donors (Lipinski definition) is 0. The Morgan fingerprint density at radius 2 is 2.00 bits per heavy atom. The Hall–Kier alpha value is -1.88. The summed E-state index contributed by atoms with van der Waals surface area (Å²) in [6.45, 7) is 8.86. The molecule has 0 spiro atoms. The van der Waals surface area contributed by atoms with Crippen molar-refractivity contribution < 1.29 is 4.79 Å². The summed E-state index contributed by atoms with van der Waals surface area (Å²) in [6.07, 6.45) is 2.20. The molecule has 0 bridgehead atoms. The number of carbonyl (C=O) groups excluding carboxylic acids is 1. The van der Waals surface area contributed by atoms with Crippen LogP contribution in [0.4, 0.5) is 0 Å². The summed E-state index contributed by atoms with van der Waals surface area (Å²) in [7, 11) is 1.71. The van der Waals surface area contributed by atoms with E-state index in [1.165, 1.54) is 0 Å². The van der Waals surface area contributed by atoms with Gasteiger partial charge >= 0.3 is 0 Å². The van der Waals surface area contributed by atoms with Crippen molar-refractivity contribution >= 4 is 28.4 Å². The van der Waals surface area contributed by atoms with Gasteiger partial charge in [-0.2, -0.15) is 0 Å². The maximum Gasteiger partial charge on any atom is 0.261 e. The van der Waals surface area contributed by atoms with E-state index in [0.29, 0.717) is 40.6 Å². The zero-order valence-electron chi connectivity index (χ0n) is 16.3. The number of fused-ring (bicyclic) bond motifs is 1. The van der Waals surface area contributed by atoms with Crippen LogP contribution in [-0.2, 0) is 11.8 Å². The second kappa shape index (κ2) is 8.67. The number of nitrogens with zero attached hydrogens (tertiary/aromatic N) is 3. The SMILES string of the molecule is CCCC(=O)N(CCC(C)C)C(C)c1nc2cc(Cl)ccc2c(=O)n1C. The normalized spacial score (nSPS) is 12.6. The van der Waals surface area contributed by atoms with Crippen LogP contribution < -0.4 is 5.56 Å². The third-order valence-corrected chi connectivity index (χ3v) is 4.88. The zero-order valence-corrected chi connectivity index (χ0v) is 17.0. The molecule has 1 heterocycles. The van der Waals surface area contributed by atoms with Crippen molar-refractivity contribution in [2.24, 2.45) is 13.0 Å². The molecule has 1 aromatic carbocycles. The number of rotatable bonds is 7. The van der Waals surface area contributed by atoms with Crippen LogP contribution in [0.5, 0.6) is 0 Å². The molecule has 1 amide bonds. The quantitative estimate of drug-likeness (QED) is 0.721. The predicted molar refractivity (Wildman–Crippen MR) is 106 cm³/mol. The van der Waals surface area contributed by atoms with E-state index in [1.54, 1.807) is 29.8 Å². The fourth-order valence-corrected chi connectivity index (χ4v) is 3.23. The minimum atomic E-state index is -0.283. The first-order valence-corrected chi connectivity index (χ1v) is 9.59. The molecule has 26 heavy (non-hydrogen) atoms. The Morgan fingerprint density at radius 3 is 2.62 bits per heavy atom. The van der Waals surface area contributed by atoms with Gasteiger partial charge in [0.05, 0.1) is 16.9 Å². The van der Waals surface area contributed by atoms with E-state index < -0.39 is 0 Å². The van der Waals surface area contributed by atoms with Crippen molar-refractivity contribution in [2.75, 3.05) is 6.54 Å². The van der Waals surface area contributed by atoms with Crippen molar-refractivity contribution in [1.82, 2.24) is 14.5 Å². The van der Waals surface area contributed by atoms with E-state index in [1.807, 2.05) is 18.7 Å². The fraction of sp³-hybridized carbons (Fsp3) is 0.550. The Morgan fingerprint density at radius 1 is 1.31 bits per heavy atom. The van der Waals surface area contributed by atoms with Crippen LogP contribution in [-0.4, -0.2) is 26.9 Å². The average Bonchev–Trinajstić information content (AvgIpc) is 2.57. The van der Waals surface area contributed by atoms with Crippen LogP contribution in [0.3, 0.4) is 0 Å². The topological polar surface area (TPSA) is 55.2 Å². The fourth-order valence-electron chi connectivity index (χ4n) is 3.06. The number of benzene rings is 1. The van der Waals surface area contributed by atoms with Crippen LogP contribution >= 0.6 is 11.6 Å². The Labute approximate surface area is 160 Å². The molecule has 1 atom stereocenters. The van der Waals surface area contributed by atoms with Crippen molar-refractivity contribution in [3.63, 3.8) is 0 Å². The Balaban J connectivity index is 2.49. The first-order valence-electron chi connectivity index (χ1n) is 9.21. The van der Waals surface area contributed by atoms with Gasteiger partial charge in [-0.25, -0.2) is 4.98 Å². The third kappa shape index (κ3) is 4.44. The van der Waals surface area contributed by atoms with Crippen LogP contribution in [0.2, 0.25) is 5.02 Å². The van der Waals surface area contributed by atoms with E-state index >= 15 is 0 Å². The molecule has 0 aliphatic heterocycles. The highest BCUT2D eigenvalue weighted by atomic mass is 35.5. The minimum Gasteiger partial charge on any atom is -0.333 e. The molecule has 142 valence electrons. The molecule has 0 fully saturated rings. The van der Waals surface area contributed by atoms with Gasteiger partial charge in [0.15, 0.2) is 0 Å². The molecule has 0 saturated carbocycles. The lowest BCUT2D eigenvalue weighted by Gasteiger charge is -2.30. The molecular formula is C20H28ClN3O2. The van der Waals surface area contributed by atoms with E-state index in [4.69, 9.17) is 11.6 Å². The minimum absolute atomic E-state index is 0.0982. The summed E-state index contributed by atoms with van der Waals surface area (Å²) in [5.41, 5.74) is 0.439. The summed E-state index contributed by atoms with van der Waals surface area (Å²) in [5, 5.41) is 1.07. The molecule has 0 aliphatic carbocycles. The smallest absolute Gasteiger partial charge is 0.261 e. The lowest BCUT2D eigenvalue weighted by molar-refractivity contribution is -0.133. The highest BCUT2D eigenvalue weighted by molar-refractivity contribution is 6.31.